The van der Waals surface area contributed by atoms with Crippen LogP contribution >= 0.6 is 23.1 Å². The lowest BCUT2D eigenvalue weighted by atomic mass is 9.93. The van der Waals surface area contributed by atoms with Crippen molar-refractivity contribution in [2.24, 2.45) is 0 Å². The Balaban J connectivity index is 1.89. The number of carboxylic acid groups (broad SMARTS) is 1. The molecule has 2 atom stereocenters. The van der Waals surface area contributed by atoms with E-state index in [0.29, 0.717) is 17.7 Å². The minimum atomic E-state index is -3.39. The molecule has 11 heteroatoms. The van der Waals surface area contributed by atoms with E-state index in [0.717, 1.165) is 41.0 Å². The minimum Gasteiger partial charge on any atom is -0.480 e. The Hall–Kier alpha value is -2.70. The Bertz CT molecular complexity index is 1470. The molecule has 0 bridgehead atoms. The van der Waals surface area contributed by atoms with Gasteiger partial charge in [-0.3, -0.25) is 4.79 Å². The molecule has 2 N–H and O–H groups in total. The van der Waals surface area contributed by atoms with Crippen molar-refractivity contribution >= 4 is 44.8 Å². The first kappa shape index (κ1) is 33.8. The third-order valence-corrected chi connectivity index (χ3v) is 9.63. The molecule has 0 aliphatic carbocycles. The Morgan fingerprint density at radius 3 is 2.48 bits per heavy atom. The maximum absolute atomic E-state index is 13.4. The van der Waals surface area contributed by atoms with Gasteiger partial charge in [0.2, 0.25) is 0 Å². The summed E-state index contributed by atoms with van der Waals surface area (Å²) < 4.78 is 29.7. The summed E-state index contributed by atoms with van der Waals surface area (Å²) in [6.45, 7) is 5.29. The lowest BCUT2D eigenvalue weighted by molar-refractivity contribution is -0.139. The number of hydrogen-bond donors (Lipinski definition) is 2. The van der Waals surface area contributed by atoms with Crippen molar-refractivity contribution in [1.82, 2.24) is 10.2 Å². The zero-order valence-corrected chi connectivity index (χ0v) is 27.2. The molecular weight excluding hydrogens is 593 g/mol. The number of nitrogens with one attached hydrogen (secondary N) is 1. The van der Waals surface area contributed by atoms with Gasteiger partial charge in [-0.05, 0) is 79.7 Å². The van der Waals surface area contributed by atoms with Gasteiger partial charge in [0, 0.05) is 33.9 Å². The molecule has 0 aliphatic heterocycles. The average Bonchev–Trinajstić information content (AvgIpc) is 3.38. The number of sulfone groups is 1. The van der Waals surface area contributed by atoms with E-state index in [4.69, 9.17) is 4.74 Å². The van der Waals surface area contributed by atoms with E-state index in [1.807, 2.05) is 69.2 Å². The van der Waals surface area contributed by atoms with Crippen molar-refractivity contribution in [3.05, 3.63) is 81.0 Å². The van der Waals surface area contributed by atoms with Crippen LogP contribution in [0.25, 0.3) is 11.1 Å². The van der Waals surface area contributed by atoms with Crippen LogP contribution in [0.3, 0.4) is 0 Å². The molecule has 3 rings (SSSR count). The van der Waals surface area contributed by atoms with E-state index in [1.54, 1.807) is 17.4 Å². The Morgan fingerprint density at radius 1 is 1.10 bits per heavy atom. The van der Waals surface area contributed by atoms with Gasteiger partial charge in [-0.15, -0.1) is 11.3 Å². The topological polar surface area (TPSA) is 113 Å². The van der Waals surface area contributed by atoms with E-state index in [9.17, 15) is 23.1 Å². The fraction of sp³-hybridized carbons (Fsp3) is 0.419. The average molecular weight is 633 g/mol. The van der Waals surface area contributed by atoms with Crippen molar-refractivity contribution in [2.75, 3.05) is 37.6 Å². The number of thioether (sulfide) groups is 1. The number of ether oxygens (including phenoxy) is 1. The normalized spacial score (nSPS) is 13.2. The summed E-state index contributed by atoms with van der Waals surface area (Å²) in [4.78, 5) is 29.8. The maximum atomic E-state index is 13.4. The quantitative estimate of drug-likeness (QED) is 0.216. The van der Waals surface area contributed by atoms with Gasteiger partial charge in [-0.1, -0.05) is 37.3 Å². The van der Waals surface area contributed by atoms with Gasteiger partial charge in [0.05, 0.1) is 12.4 Å². The van der Waals surface area contributed by atoms with Crippen molar-refractivity contribution in [3.8, 4) is 11.1 Å². The van der Waals surface area contributed by atoms with Crippen LogP contribution in [-0.2, 0) is 32.5 Å². The van der Waals surface area contributed by atoms with Crippen LogP contribution in [0.1, 0.15) is 50.7 Å². The summed E-state index contributed by atoms with van der Waals surface area (Å²) in [5.74, 6) is -0.394. The van der Waals surface area contributed by atoms with Crippen molar-refractivity contribution in [1.29, 1.82) is 0 Å². The second-order valence-corrected chi connectivity index (χ2v) is 15.3. The number of amides is 1. The van der Waals surface area contributed by atoms with E-state index in [1.165, 1.54) is 9.75 Å². The highest BCUT2D eigenvalue weighted by atomic mass is 32.2. The molecule has 0 radical (unpaired) electrons. The highest BCUT2D eigenvalue weighted by molar-refractivity contribution is 7.99. The van der Waals surface area contributed by atoms with Crippen molar-refractivity contribution in [2.45, 2.75) is 45.6 Å². The molecule has 42 heavy (non-hydrogen) atoms. The molecule has 8 nitrogen and oxygen atoms in total. The Morgan fingerprint density at radius 2 is 1.83 bits per heavy atom. The van der Waals surface area contributed by atoms with Gasteiger partial charge in [0.25, 0.3) is 5.91 Å². The van der Waals surface area contributed by atoms with Crippen LogP contribution in [0, 0.1) is 6.92 Å². The van der Waals surface area contributed by atoms with Gasteiger partial charge in [-0.2, -0.15) is 11.8 Å². The van der Waals surface area contributed by atoms with Crippen LogP contribution in [-0.4, -0.2) is 74.0 Å². The third-order valence-electron chi connectivity index (χ3n) is 6.54. The molecule has 3 aromatic rings. The second kappa shape index (κ2) is 15.7. The highest BCUT2D eigenvalue weighted by Gasteiger charge is 2.24. The molecule has 0 saturated heterocycles. The number of carbonyl (C=O) groups is 2. The summed E-state index contributed by atoms with van der Waals surface area (Å²) in [6, 6.07) is 16.0. The number of aliphatic carboxylic acids is 1. The molecule has 1 amide bonds. The smallest absolute Gasteiger partial charge is 0.326 e. The van der Waals surface area contributed by atoms with Gasteiger partial charge >= 0.3 is 5.97 Å². The molecule has 0 saturated carbocycles. The summed E-state index contributed by atoms with van der Waals surface area (Å²) >= 11 is 3.58. The van der Waals surface area contributed by atoms with Crippen LogP contribution < -0.4 is 5.32 Å². The van der Waals surface area contributed by atoms with Gasteiger partial charge in [-0.25, -0.2) is 13.2 Å². The van der Waals surface area contributed by atoms with E-state index < -0.39 is 27.8 Å². The largest absolute Gasteiger partial charge is 0.480 e. The molecule has 0 fully saturated rings. The number of nitrogens with zero attached hydrogens (tertiary/aromatic N) is 1. The van der Waals surface area contributed by atoms with Crippen LogP contribution in [0.2, 0.25) is 0 Å². The minimum absolute atomic E-state index is 0.0769. The SMILES string of the molecule is CCSC[C@H](OCc1ccc(C(=O)N[C@@H](CCS(C)(=O)=O)C(=O)O)c(-c2ccccc2C)c1)c1ccc(CN(C)C)s1. The first-order valence-electron chi connectivity index (χ1n) is 13.7. The summed E-state index contributed by atoms with van der Waals surface area (Å²) in [6.07, 6.45) is 0.742. The number of hydrogen-bond acceptors (Lipinski definition) is 8. The number of carboxylic acids is 1. The Kier molecular flexibility index (Phi) is 12.6. The third kappa shape index (κ3) is 10.2. The molecule has 2 aromatic carbocycles. The maximum Gasteiger partial charge on any atom is 0.326 e. The number of benzene rings is 2. The first-order chi connectivity index (χ1) is 19.9. The fourth-order valence-corrected chi connectivity index (χ4v) is 7.08. The molecule has 0 unspecified atom stereocenters. The Labute approximate surface area is 257 Å². The predicted molar refractivity (Wildman–Crippen MR) is 172 cm³/mol. The van der Waals surface area contributed by atoms with E-state index in [2.05, 4.69) is 29.3 Å². The monoisotopic (exact) mass is 632 g/mol. The van der Waals surface area contributed by atoms with Crippen molar-refractivity contribution < 1.29 is 27.9 Å². The van der Waals surface area contributed by atoms with Gasteiger partial charge in [0.1, 0.15) is 22.0 Å². The molecule has 0 aliphatic rings. The molecule has 1 heterocycles. The lowest BCUT2D eigenvalue weighted by Gasteiger charge is -2.19. The zero-order chi connectivity index (χ0) is 30.9. The lowest BCUT2D eigenvalue weighted by Crippen LogP contribution is -2.42. The number of rotatable bonds is 16. The predicted octanol–water partition coefficient (Wildman–Crippen LogP) is 5.41. The molecule has 228 valence electrons. The van der Waals surface area contributed by atoms with Gasteiger partial charge < -0.3 is 20.1 Å². The van der Waals surface area contributed by atoms with Crippen LogP contribution in [0.4, 0.5) is 0 Å². The fourth-order valence-electron chi connectivity index (χ4n) is 4.40. The van der Waals surface area contributed by atoms with E-state index in [-0.39, 0.29) is 18.3 Å². The highest BCUT2D eigenvalue weighted by Crippen LogP contribution is 2.32. The molecular formula is C31H40N2O6S3. The summed E-state index contributed by atoms with van der Waals surface area (Å²) in [5.41, 5.74) is 3.65. The number of thiophene rings is 1. The summed E-state index contributed by atoms with van der Waals surface area (Å²) in [5, 5.41) is 12.2. The second-order valence-electron chi connectivity index (χ2n) is 10.5. The molecule has 1 aromatic heterocycles. The zero-order valence-electron chi connectivity index (χ0n) is 24.8. The number of carbonyl (C=O) groups excluding carboxylic acids is 1. The van der Waals surface area contributed by atoms with Crippen LogP contribution in [0.5, 0.6) is 0 Å². The van der Waals surface area contributed by atoms with Gasteiger partial charge in [0.15, 0.2) is 0 Å². The van der Waals surface area contributed by atoms with E-state index >= 15 is 0 Å². The number of aryl methyl sites for hydroxylation is 1. The standard InChI is InChI=1S/C31H40N2O6S3/c1-6-40-20-28(29-14-12-23(41-29)18-33(3)4)39-19-22-11-13-25(26(17-22)24-10-8-7-9-21(24)2)30(34)32-27(31(35)36)15-16-42(5,37)38/h7-14,17,27-28H,6,15-16,18-20H2,1-5H3,(H,32,34)(H,35,36)/t27-,28-/m0/s1. The van der Waals surface area contributed by atoms with Crippen molar-refractivity contribution in [3.63, 3.8) is 0 Å². The molecule has 0 spiro atoms. The van der Waals surface area contributed by atoms with Crippen LogP contribution in [0.15, 0.2) is 54.6 Å². The first-order valence-corrected chi connectivity index (χ1v) is 17.7. The summed E-state index contributed by atoms with van der Waals surface area (Å²) in [7, 11) is 0.708.